The number of aromatic nitrogens is 1. The van der Waals surface area contributed by atoms with E-state index in [1.54, 1.807) is 0 Å². The summed E-state index contributed by atoms with van der Waals surface area (Å²) in [6, 6.07) is 6.31. The molecular weight excluding hydrogens is 647 g/mol. The Morgan fingerprint density at radius 1 is 0.600 bits per heavy atom. The predicted octanol–water partition coefficient (Wildman–Crippen LogP) is 5.23. The van der Waals surface area contributed by atoms with Crippen LogP contribution in [-0.4, -0.2) is 0 Å². The van der Waals surface area contributed by atoms with Gasteiger partial charge in [0.15, 0.2) is 12.4 Å². The van der Waals surface area contributed by atoms with Crippen LogP contribution in [0.1, 0.15) is 96.8 Å². The van der Waals surface area contributed by atoms with Gasteiger partial charge in [0.25, 0.3) is 0 Å². The molecule has 0 N–H and O–H groups in total. The van der Waals surface area contributed by atoms with Crippen molar-refractivity contribution in [3.63, 3.8) is 0 Å². The first kappa shape index (κ1) is 26.3. The predicted molar refractivity (Wildman–Crippen MR) is 125 cm³/mol. The minimum atomic E-state index is 0.530. The number of hydrogen-bond donors (Lipinski definition) is 0. The van der Waals surface area contributed by atoms with Gasteiger partial charge in [0.1, 0.15) is 6.54 Å². The van der Waals surface area contributed by atoms with Crippen molar-refractivity contribution in [2.24, 2.45) is 0 Å². The molecule has 25 heavy (non-hydrogen) atoms. The summed E-state index contributed by atoms with van der Waals surface area (Å²) in [4.78, 5) is 0. The topological polar surface area (TPSA) is 3.88 Å². The van der Waals surface area contributed by atoms with Crippen LogP contribution < -0.4 is 17.8 Å². The van der Waals surface area contributed by atoms with E-state index in [4.69, 9.17) is 0 Å². The fraction of sp³-hybridized carbons (Fsp3) is 0.762. The van der Waals surface area contributed by atoms with Crippen molar-refractivity contribution < 1.29 is 17.8 Å². The van der Waals surface area contributed by atoms with Gasteiger partial charge in [-0.1, -0.05) is 90.0 Å². The molecule has 1 nitrogen and oxygen atoms in total. The molecule has 1 aromatic rings. The van der Waals surface area contributed by atoms with Gasteiger partial charge in [-0.15, -0.1) is 0 Å². The van der Waals surface area contributed by atoms with Gasteiger partial charge in [-0.05, 0) is 6.42 Å². The Morgan fingerprint density at radius 2 is 0.960 bits per heavy atom. The van der Waals surface area contributed by atoms with Gasteiger partial charge in [0.05, 0.1) is 0 Å². The number of halogens is 3. The summed E-state index contributed by atoms with van der Waals surface area (Å²) >= 11 is 5.30. The zero-order valence-corrected chi connectivity index (χ0v) is 22.5. The van der Waals surface area contributed by atoms with E-state index in [0.29, 0.717) is 13.3 Å². The number of nitrogens with zero attached hydrogens (tertiary/aromatic N) is 1. The van der Waals surface area contributed by atoms with Crippen LogP contribution in [0.25, 0.3) is 0 Å². The molecule has 0 aliphatic carbocycles. The van der Waals surface area contributed by atoms with E-state index in [9.17, 15) is 0 Å². The Morgan fingerprint density at radius 3 is 1.36 bits per heavy atom. The van der Waals surface area contributed by atoms with Gasteiger partial charge < -0.3 is 0 Å². The Kier molecular flexibility index (Phi) is 24.6. The first-order valence-electron chi connectivity index (χ1n) is 10.2. The molecule has 0 bridgehead atoms. The summed E-state index contributed by atoms with van der Waals surface area (Å²) in [6.07, 6.45) is 24.4. The second-order valence-corrected chi connectivity index (χ2v) is 23.0. The third-order valence-electron chi connectivity index (χ3n) is 4.55. The van der Waals surface area contributed by atoms with Crippen LogP contribution in [-0.2, 0) is 6.54 Å². The van der Waals surface area contributed by atoms with E-state index in [0.717, 1.165) is 0 Å². The van der Waals surface area contributed by atoms with Crippen LogP contribution in [0.4, 0.5) is 0 Å². The van der Waals surface area contributed by atoms with E-state index in [1.807, 2.05) is 0 Å². The van der Waals surface area contributed by atoms with Gasteiger partial charge >= 0.3 is 50.5 Å². The van der Waals surface area contributed by atoms with Gasteiger partial charge in [-0.3, -0.25) is 0 Å². The molecule has 0 spiro atoms. The second kappa shape index (κ2) is 23.4. The molecule has 1 rings (SSSR count). The summed E-state index contributed by atoms with van der Waals surface area (Å²) < 4.78 is 2.29. The van der Waals surface area contributed by atoms with E-state index >= 15 is 0 Å². The molecule has 1 heterocycles. The van der Waals surface area contributed by atoms with Gasteiger partial charge in [0, 0.05) is 18.6 Å². The standard InChI is InChI=1S/C21H38N.I3/c1-2-3-4-5-6-7-8-9-10-11-12-13-14-16-19-22-20-17-15-18-21-22;1-3-2/h15,17-18,20-21H,2-14,16,19H2,1H3;/q+1;-1. The third-order valence-corrected chi connectivity index (χ3v) is 4.55. The molecule has 0 aliphatic rings. The van der Waals surface area contributed by atoms with Crippen molar-refractivity contribution in [2.75, 3.05) is 0 Å². The van der Waals surface area contributed by atoms with Crippen LogP contribution in [0.15, 0.2) is 30.6 Å². The Balaban J connectivity index is 0.00000178. The molecule has 0 unspecified atom stereocenters. The van der Waals surface area contributed by atoms with Crippen molar-refractivity contribution >= 4 is 37.2 Å². The molecule has 0 saturated carbocycles. The molecule has 0 aromatic carbocycles. The summed E-state index contributed by atoms with van der Waals surface area (Å²) in [6.45, 7) is 3.47. The number of rotatable bonds is 15. The quantitative estimate of drug-likeness (QED) is 0.135. The van der Waals surface area contributed by atoms with Crippen LogP contribution in [0.3, 0.4) is 0 Å². The molecule has 4 heteroatoms. The Bertz CT molecular complexity index is 346. The Hall–Kier alpha value is 1.34. The van der Waals surface area contributed by atoms with Crippen molar-refractivity contribution in [3.05, 3.63) is 30.6 Å². The monoisotopic (exact) mass is 685 g/mol. The summed E-state index contributed by atoms with van der Waals surface area (Å²) in [5.41, 5.74) is 0. The maximum atomic E-state index is 2.39. The normalized spacial score (nSPS) is 10.5. The first-order valence-corrected chi connectivity index (χ1v) is 22.7. The average Bonchev–Trinajstić information content (AvgIpc) is 2.63. The van der Waals surface area contributed by atoms with Gasteiger partial charge in [0.2, 0.25) is 0 Å². The Labute approximate surface area is 187 Å². The minimum absolute atomic E-state index is 0.530. The number of unbranched alkanes of at least 4 members (excludes halogenated alkanes) is 13. The SMILES string of the molecule is CCCCCCCCCCCCCCCC[n+]1ccccc1.I[I-]I. The first-order chi connectivity index (χ1) is 12.3. The van der Waals surface area contributed by atoms with E-state index in [1.165, 1.54) is 96.4 Å². The third kappa shape index (κ3) is 21.5. The maximum absolute atomic E-state index is 2.39. The number of aryl methyl sites for hydroxylation is 1. The molecular formula is C21H38I3N. The molecule has 148 valence electrons. The molecule has 1 aromatic heterocycles. The summed E-state index contributed by atoms with van der Waals surface area (Å²) in [5, 5.41) is 0. The van der Waals surface area contributed by atoms with Crippen LogP contribution in [0.2, 0.25) is 0 Å². The molecule has 0 aliphatic heterocycles. The summed E-state index contributed by atoms with van der Waals surface area (Å²) in [5.74, 6) is 0. The number of pyridine rings is 1. The fourth-order valence-corrected chi connectivity index (χ4v) is 3.07. The molecule has 0 atom stereocenters. The van der Waals surface area contributed by atoms with Crippen molar-refractivity contribution in [3.8, 4) is 0 Å². The van der Waals surface area contributed by atoms with Crippen molar-refractivity contribution in [1.82, 2.24) is 0 Å². The molecule has 0 amide bonds. The zero-order chi connectivity index (χ0) is 18.4. The van der Waals surface area contributed by atoms with Crippen molar-refractivity contribution in [2.45, 2.75) is 103 Å². The van der Waals surface area contributed by atoms with E-state index in [-0.39, 0.29) is 0 Å². The second-order valence-electron chi connectivity index (χ2n) is 6.76. The zero-order valence-electron chi connectivity index (χ0n) is 16.1. The van der Waals surface area contributed by atoms with Crippen molar-refractivity contribution in [1.29, 1.82) is 0 Å². The van der Waals surface area contributed by atoms with Crippen LogP contribution in [0, 0.1) is 0 Å². The van der Waals surface area contributed by atoms with Crippen LogP contribution in [0.5, 0.6) is 0 Å². The van der Waals surface area contributed by atoms with E-state index in [2.05, 4.69) is 79.3 Å². The molecule has 0 fully saturated rings. The summed E-state index contributed by atoms with van der Waals surface area (Å²) in [7, 11) is 0. The molecule has 0 radical (unpaired) electrons. The average molecular weight is 685 g/mol. The van der Waals surface area contributed by atoms with Gasteiger partial charge in [-0.25, -0.2) is 4.57 Å². The molecule has 0 saturated heterocycles. The van der Waals surface area contributed by atoms with Gasteiger partial charge in [-0.2, -0.15) is 0 Å². The van der Waals surface area contributed by atoms with Crippen LogP contribution >= 0.6 is 37.2 Å². The fourth-order valence-electron chi connectivity index (χ4n) is 3.07. The van der Waals surface area contributed by atoms with E-state index < -0.39 is 0 Å². The number of hydrogen-bond acceptors (Lipinski definition) is 0.